The molecular formula is C18H34ClIN4OS. The maximum absolute atomic E-state index is 10.2. The number of guanidine groups is 1. The molecule has 0 aromatic carbocycles. The van der Waals surface area contributed by atoms with Crippen LogP contribution in [0.25, 0.3) is 0 Å². The first-order chi connectivity index (χ1) is 11.8. The van der Waals surface area contributed by atoms with Crippen molar-refractivity contribution in [3.63, 3.8) is 0 Å². The summed E-state index contributed by atoms with van der Waals surface area (Å²) >= 11 is 7.30. The number of thiophene rings is 1. The smallest absolute Gasteiger partial charge is 0.191 e. The fourth-order valence-electron chi connectivity index (χ4n) is 2.70. The van der Waals surface area contributed by atoms with Gasteiger partial charge in [0.2, 0.25) is 0 Å². The van der Waals surface area contributed by atoms with Crippen molar-refractivity contribution < 1.29 is 5.11 Å². The summed E-state index contributed by atoms with van der Waals surface area (Å²) in [4.78, 5) is 7.80. The van der Waals surface area contributed by atoms with Gasteiger partial charge in [0.25, 0.3) is 0 Å². The van der Waals surface area contributed by atoms with Crippen LogP contribution in [0.15, 0.2) is 17.1 Å². The monoisotopic (exact) mass is 516 g/mol. The highest BCUT2D eigenvalue weighted by Gasteiger charge is 2.13. The minimum Gasteiger partial charge on any atom is -0.386 e. The average molecular weight is 517 g/mol. The van der Waals surface area contributed by atoms with Crippen molar-refractivity contribution in [1.29, 1.82) is 0 Å². The first-order valence-corrected chi connectivity index (χ1v) is 10.3. The summed E-state index contributed by atoms with van der Waals surface area (Å²) in [6.07, 6.45) is 0.425. The van der Waals surface area contributed by atoms with Gasteiger partial charge in [-0.25, -0.2) is 0 Å². The fourth-order valence-corrected chi connectivity index (χ4v) is 3.74. The highest BCUT2D eigenvalue weighted by Crippen LogP contribution is 2.26. The highest BCUT2D eigenvalue weighted by molar-refractivity contribution is 14.0. The molecule has 1 unspecified atom stereocenters. The van der Waals surface area contributed by atoms with E-state index in [0.29, 0.717) is 23.0 Å². The maximum Gasteiger partial charge on any atom is 0.191 e. The lowest BCUT2D eigenvalue weighted by atomic mass is 10.2. The summed E-state index contributed by atoms with van der Waals surface area (Å²) in [6.45, 7) is 14.0. The number of hydrogen-bond donors (Lipinski definition) is 3. The zero-order valence-electron chi connectivity index (χ0n) is 16.5. The van der Waals surface area contributed by atoms with Gasteiger partial charge in [-0.3, -0.25) is 9.89 Å². The van der Waals surface area contributed by atoms with E-state index in [0.717, 1.165) is 36.9 Å². The molecule has 0 aliphatic carbocycles. The Morgan fingerprint density at radius 3 is 2.38 bits per heavy atom. The van der Waals surface area contributed by atoms with Crippen LogP contribution < -0.4 is 10.6 Å². The van der Waals surface area contributed by atoms with Crippen LogP contribution in [0, 0.1) is 0 Å². The van der Waals surface area contributed by atoms with Crippen molar-refractivity contribution in [1.82, 2.24) is 15.5 Å². The molecule has 8 heteroatoms. The minimum atomic E-state index is -0.620. The van der Waals surface area contributed by atoms with Crippen LogP contribution in [0.1, 0.15) is 52.0 Å². The summed E-state index contributed by atoms with van der Waals surface area (Å²) in [5, 5.41) is 16.8. The third-order valence-electron chi connectivity index (χ3n) is 3.90. The first kappa shape index (κ1) is 25.9. The van der Waals surface area contributed by atoms with Gasteiger partial charge in [-0.15, -0.1) is 35.3 Å². The number of hydrogen-bond acceptors (Lipinski definition) is 4. The molecule has 0 aliphatic rings. The molecular weight excluding hydrogens is 483 g/mol. The first-order valence-electron chi connectivity index (χ1n) is 9.06. The lowest BCUT2D eigenvalue weighted by Crippen LogP contribution is -2.41. The Kier molecular flexibility index (Phi) is 13.9. The van der Waals surface area contributed by atoms with Crippen molar-refractivity contribution in [2.45, 2.75) is 59.2 Å². The number of aliphatic hydroxyl groups is 1. The lowest BCUT2D eigenvalue weighted by molar-refractivity contribution is 0.173. The van der Waals surface area contributed by atoms with E-state index in [-0.39, 0.29) is 24.0 Å². The molecule has 0 fully saturated rings. The van der Waals surface area contributed by atoms with Crippen molar-refractivity contribution in [3.05, 3.63) is 21.3 Å². The molecule has 26 heavy (non-hydrogen) atoms. The van der Waals surface area contributed by atoms with E-state index in [9.17, 15) is 5.11 Å². The summed E-state index contributed by atoms with van der Waals surface area (Å²) < 4.78 is 0.683. The molecule has 1 rings (SSSR count). The molecule has 1 atom stereocenters. The molecule has 152 valence electrons. The Labute approximate surface area is 184 Å². The number of halogens is 2. The van der Waals surface area contributed by atoms with Gasteiger partial charge in [0, 0.05) is 36.6 Å². The molecule has 1 heterocycles. The molecule has 0 radical (unpaired) electrons. The van der Waals surface area contributed by atoms with Crippen LogP contribution in [-0.2, 0) is 0 Å². The Hall–Kier alpha value is -0.0900. The summed E-state index contributed by atoms with van der Waals surface area (Å²) in [5.74, 6) is 0.741. The molecule has 0 saturated heterocycles. The van der Waals surface area contributed by atoms with Crippen molar-refractivity contribution in [2.24, 2.45) is 4.99 Å². The minimum absolute atomic E-state index is 0. The molecule has 0 spiro atoms. The molecule has 0 amide bonds. The Morgan fingerprint density at radius 2 is 1.88 bits per heavy atom. The third kappa shape index (κ3) is 9.73. The van der Waals surface area contributed by atoms with Gasteiger partial charge in [-0.2, -0.15) is 0 Å². The van der Waals surface area contributed by atoms with Crippen LogP contribution in [-0.4, -0.2) is 54.2 Å². The number of nitrogens with zero attached hydrogens (tertiary/aromatic N) is 2. The summed E-state index contributed by atoms with van der Waals surface area (Å²) in [6, 6.07) is 4.75. The van der Waals surface area contributed by atoms with Crippen molar-refractivity contribution in [2.75, 3.05) is 26.2 Å². The van der Waals surface area contributed by atoms with Crippen LogP contribution in [0.5, 0.6) is 0 Å². The van der Waals surface area contributed by atoms with E-state index in [1.54, 1.807) is 6.07 Å². The van der Waals surface area contributed by atoms with Gasteiger partial charge in [-0.1, -0.05) is 11.6 Å². The molecule has 0 aliphatic heterocycles. The molecule has 5 nitrogen and oxygen atoms in total. The standard InChI is InChI=1S/C18H33ClN4OS.HI/c1-6-20-18(21-10-7-11-23(13(2)3)14(4)5)22-12-15(24)16-8-9-17(19)25-16;/h8-9,13-15,24H,6-7,10-12H2,1-5H3,(H2,20,21,22);1H. The van der Waals surface area contributed by atoms with Gasteiger partial charge in [0.05, 0.1) is 10.9 Å². The van der Waals surface area contributed by atoms with Gasteiger partial charge in [0.1, 0.15) is 6.10 Å². The number of aliphatic hydroxyl groups excluding tert-OH is 1. The quantitative estimate of drug-likeness (QED) is 0.190. The highest BCUT2D eigenvalue weighted by atomic mass is 127. The Bertz CT molecular complexity index is 517. The number of nitrogens with one attached hydrogen (secondary N) is 2. The summed E-state index contributed by atoms with van der Waals surface area (Å²) in [5.41, 5.74) is 0. The zero-order chi connectivity index (χ0) is 18.8. The van der Waals surface area contributed by atoms with E-state index < -0.39 is 6.10 Å². The number of aliphatic imine (C=N–C) groups is 1. The summed E-state index contributed by atoms with van der Waals surface area (Å²) in [7, 11) is 0. The zero-order valence-corrected chi connectivity index (χ0v) is 20.4. The van der Waals surface area contributed by atoms with E-state index in [1.807, 2.05) is 13.0 Å². The average Bonchev–Trinajstić information content (AvgIpc) is 2.97. The lowest BCUT2D eigenvalue weighted by Gasteiger charge is -2.30. The second kappa shape index (κ2) is 14.0. The molecule has 1 aromatic rings. The second-order valence-electron chi connectivity index (χ2n) is 6.58. The van der Waals surface area contributed by atoms with Crippen molar-refractivity contribution >= 4 is 52.9 Å². The third-order valence-corrected chi connectivity index (χ3v) is 5.23. The second-order valence-corrected chi connectivity index (χ2v) is 8.33. The normalized spacial score (nSPS) is 13.2. The SMILES string of the molecule is CCNC(=NCC(O)c1ccc(Cl)s1)NCCCN(C(C)C)C(C)C.I. The van der Waals surface area contributed by atoms with Crippen LogP contribution in [0.4, 0.5) is 0 Å². The van der Waals surface area contributed by atoms with Gasteiger partial charge < -0.3 is 15.7 Å². The van der Waals surface area contributed by atoms with Crippen LogP contribution in [0.2, 0.25) is 4.34 Å². The van der Waals surface area contributed by atoms with Crippen molar-refractivity contribution in [3.8, 4) is 0 Å². The van der Waals surface area contributed by atoms with E-state index in [4.69, 9.17) is 11.6 Å². The van der Waals surface area contributed by atoms with Gasteiger partial charge in [-0.05, 0) is 53.2 Å². The molecule has 1 aromatic heterocycles. The van der Waals surface area contributed by atoms with E-state index in [1.165, 1.54) is 11.3 Å². The predicted octanol–water partition coefficient (Wildman–Crippen LogP) is 4.12. The topological polar surface area (TPSA) is 59.9 Å². The Morgan fingerprint density at radius 1 is 1.23 bits per heavy atom. The molecule has 0 saturated carbocycles. The van der Waals surface area contributed by atoms with Gasteiger partial charge >= 0.3 is 0 Å². The molecule has 3 N–H and O–H groups in total. The largest absolute Gasteiger partial charge is 0.386 e. The van der Waals surface area contributed by atoms with Crippen LogP contribution >= 0.6 is 46.9 Å². The maximum atomic E-state index is 10.2. The van der Waals surface area contributed by atoms with E-state index >= 15 is 0 Å². The van der Waals surface area contributed by atoms with Crippen LogP contribution in [0.3, 0.4) is 0 Å². The number of rotatable bonds is 10. The van der Waals surface area contributed by atoms with E-state index in [2.05, 4.69) is 48.2 Å². The molecule has 0 bridgehead atoms. The predicted molar refractivity (Wildman–Crippen MR) is 125 cm³/mol. The fraction of sp³-hybridized carbons (Fsp3) is 0.722. The Balaban J connectivity index is 0.00000625. The van der Waals surface area contributed by atoms with Gasteiger partial charge in [0.15, 0.2) is 5.96 Å².